The van der Waals surface area contributed by atoms with Gasteiger partial charge in [0.25, 0.3) is 0 Å². The van der Waals surface area contributed by atoms with Crippen molar-refractivity contribution in [1.82, 2.24) is 4.90 Å². The second-order valence-electron chi connectivity index (χ2n) is 11.0. The quantitative estimate of drug-likeness (QED) is 0.157. The Kier molecular flexibility index (Phi) is 9.80. The van der Waals surface area contributed by atoms with E-state index < -0.39 is 17.6 Å². The maximum atomic E-state index is 13.2. The second-order valence-corrected chi connectivity index (χ2v) is 12.0. The molecule has 1 aromatic heterocycles. The molecule has 3 aromatic carbocycles. The standard InChI is InChI=1S/C34H36N2O5S/c1-34(2,3)41-33(39)36(4)21-27-20-26(22-42-27)24-17-15-23(16-18-24)19-30(32(38)40-5)35-29-14-10-9-13-28(29)31(37)25-11-7-6-8-12-25/h6-18,20,22,30,35H,19,21H2,1-5H3. The molecule has 0 aliphatic carbocycles. The van der Waals surface area contributed by atoms with Crippen molar-refractivity contribution in [2.45, 2.75) is 45.4 Å². The van der Waals surface area contributed by atoms with Crippen LogP contribution in [0.15, 0.2) is 90.3 Å². The van der Waals surface area contributed by atoms with Crippen molar-refractivity contribution in [2.24, 2.45) is 0 Å². The van der Waals surface area contributed by atoms with Crippen LogP contribution in [-0.2, 0) is 27.2 Å². The van der Waals surface area contributed by atoms with Gasteiger partial charge >= 0.3 is 12.1 Å². The summed E-state index contributed by atoms with van der Waals surface area (Å²) < 4.78 is 10.5. The van der Waals surface area contributed by atoms with Gasteiger partial charge in [-0.2, -0.15) is 0 Å². The number of para-hydroxylation sites is 1. The molecule has 218 valence electrons. The van der Waals surface area contributed by atoms with Gasteiger partial charge in [-0.1, -0.05) is 66.7 Å². The molecule has 0 saturated heterocycles. The fourth-order valence-electron chi connectivity index (χ4n) is 4.40. The molecule has 0 aliphatic heterocycles. The van der Waals surface area contributed by atoms with Crippen LogP contribution in [0.5, 0.6) is 0 Å². The summed E-state index contributed by atoms with van der Waals surface area (Å²) in [5.41, 5.74) is 4.11. The summed E-state index contributed by atoms with van der Waals surface area (Å²) in [4.78, 5) is 40.9. The maximum absolute atomic E-state index is 13.2. The maximum Gasteiger partial charge on any atom is 0.410 e. The van der Waals surface area contributed by atoms with Crippen LogP contribution in [-0.4, -0.2) is 48.5 Å². The molecule has 42 heavy (non-hydrogen) atoms. The van der Waals surface area contributed by atoms with Gasteiger partial charge in [0.2, 0.25) is 0 Å². The lowest BCUT2D eigenvalue weighted by Crippen LogP contribution is -2.33. The summed E-state index contributed by atoms with van der Waals surface area (Å²) in [7, 11) is 3.08. The van der Waals surface area contributed by atoms with Crippen molar-refractivity contribution in [1.29, 1.82) is 0 Å². The number of nitrogens with one attached hydrogen (secondary N) is 1. The first-order chi connectivity index (χ1) is 20.0. The Labute approximate surface area is 251 Å². The van der Waals surface area contributed by atoms with E-state index in [9.17, 15) is 14.4 Å². The fraction of sp³-hybridized carbons (Fsp3) is 0.265. The van der Waals surface area contributed by atoms with Crippen molar-refractivity contribution < 1.29 is 23.9 Å². The van der Waals surface area contributed by atoms with E-state index in [2.05, 4.69) is 16.8 Å². The number of ketones is 1. The van der Waals surface area contributed by atoms with Crippen LogP contribution in [0.2, 0.25) is 0 Å². The number of nitrogens with zero attached hydrogens (tertiary/aromatic N) is 1. The van der Waals surface area contributed by atoms with Crippen LogP contribution in [0, 0.1) is 0 Å². The minimum absolute atomic E-state index is 0.126. The molecule has 4 rings (SSSR count). The van der Waals surface area contributed by atoms with E-state index in [0.717, 1.165) is 21.6 Å². The molecule has 4 aromatic rings. The van der Waals surface area contributed by atoms with Gasteiger partial charge in [-0.15, -0.1) is 11.3 Å². The predicted octanol–water partition coefficient (Wildman–Crippen LogP) is 7.21. The third-order valence-electron chi connectivity index (χ3n) is 6.50. The highest BCUT2D eigenvalue weighted by molar-refractivity contribution is 7.10. The van der Waals surface area contributed by atoms with E-state index in [1.165, 1.54) is 7.11 Å². The average molecular weight is 585 g/mol. The number of carbonyl (C=O) groups excluding carboxylic acids is 3. The van der Waals surface area contributed by atoms with Gasteiger partial charge < -0.3 is 19.7 Å². The molecule has 0 bridgehead atoms. The highest BCUT2D eigenvalue weighted by Gasteiger charge is 2.23. The second kappa shape index (κ2) is 13.5. The Morgan fingerprint density at radius 1 is 0.905 bits per heavy atom. The largest absolute Gasteiger partial charge is 0.467 e. The minimum atomic E-state index is -0.693. The summed E-state index contributed by atoms with van der Waals surface area (Å²) in [6.07, 6.45) is 0.0127. The van der Waals surface area contributed by atoms with E-state index in [-0.39, 0.29) is 11.9 Å². The van der Waals surface area contributed by atoms with Crippen LogP contribution in [0.3, 0.4) is 0 Å². The zero-order valence-electron chi connectivity index (χ0n) is 24.5. The molecular weight excluding hydrogens is 548 g/mol. The number of ether oxygens (including phenoxy) is 2. The number of esters is 1. The van der Waals surface area contributed by atoms with Gasteiger partial charge in [0.15, 0.2) is 5.78 Å². The van der Waals surface area contributed by atoms with Crippen LogP contribution >= 0.6 is 11.3 Å². The summed E-state index contributed by atoms with van der Waals surface area (Å²) in [5.74, 6) is -0.545. The van der Waals surface area contributed by atoms with Crippen LogP contribution in [0.4, 0.5) is 10.5 Å². The lowest BCUT2D eigenvalue weighted by Gasteiger charge is -2.24. The van der Waals surface area contributed by atoms with Gasteiger partial charge in [-0.25, -0.2) is 9.59 Å². The van der Waals surface area contributed by atoms with Gasteiger partial charge in [-0.05, 0) is 61.0 Å². The first-order valence-corrected chi connectivity index (χ1v) is 14.6. The number of rotatable bonds is 10. The normalized spacial score (nSPS) is 11.8. The van der Waals surface area contributed by atoms with Crippen LogP contribution in [0.25, 0.3) is 11.1 Å². The molecule has 0 fully saturated rings. The highest BCUT2D eigenvalue weighted by atomic mass is 32.1. The van der Waals surface area contributed by atoms with Crippen LogP contribution < -0.4 is 5.32 Å². The highest BCUT2D eigenvalue weighted by Crippen LogP contribution is 2.28. The van der Waals surface area contributed by atoms with Crippen molar-refractivity contribution in [3.05, 3.63) is 112 Å². The fourth-order valence-corrected chi connectivity index (χ4v) is 5.34. The Morgan fingerprint density at radius 2 is 1.57 bits per heavy atom. The van der Waals surface area contributed by atoms with Gasteiger partial charge in [-0.3, -0.25) is 4.79 Å². The molecular formula is C34H36N2O5S. The topological polar surface area (TPSA) is 84.9 Å². The average Bonchev–Trinajstić information content (AvgIpc) is 3.44. The number of benzene rings is 3. The predicted molar refractivity (Wildman–Crippen MR) is 167 cm³/mol. The molecule has 0 saturated carbocycles. The third-order valence-corrected chi connectivity index (χ3v) is 7.42. The zero-order chi connectivity index (χ0) is 30.3. The first-order valence-electron chi connectivity index (χ1n) is 13.7. The lowest BCUT2D eigenvalue weighted by atomic mass is 9.99. The van der Waals surface area contributed by atoms with E-state index in [4.69, 9.17) is 9.47 Å². The van der Waals surface area contributed by atoms with E-state index in [0.29, 0.717) is 29.8 Å². The molecule has 1 atom stereocenters. The van der Waals surface area contributed by atoms with Gasteiger partial charge in [0, 0.05) is 35.2 Å². The third kappa shape index (κ3) is 8.07. The summed E-state index contributed by atoms with van der Waals surface area (Å²) in [6.45, 7) is 6.00. The molecule has 8 heteroatoms. The number of anilines is 1. The smallest absolute Gasteiger partial charge is 0.410 e. The molecule has 1 amide bonds. The van der Waals surface area contributed by atoms with Gasteiger partial charge in [0.1, 0.15) is 11.6 Å². The van der Waals surface area contributed by atoms with Crippen molar-refractivity contribution in [3.63, 3.8) is 0 Å². The number of amides is 1. The number of thiophene rings is 1. The Morgan fingerprint density at radius 3 is 2.24 bits per heavy atom. The molecule has 0 aliphatic rings. The Hall–Kier alpha value is -4.43. The van der Waals surface area contributed by atoms with E-state index in [1.54, 1.807) is 53.6 Å². The summed E-state index contributed by atoms with van der Waals surface area (Å²) in [5, 5.41) is 5.31. The SMILES string of the molecule is COC(=O)C(Cc1ccc(-c2csc(CN(C)C(=O)OC(C)(C)C)c2)cc1)Nc1ccccc1C(=O)c1ccccc1. The Balaban J connectivity index is 1.45. The molecule has 0 radical (unpaired) electrons. The van der Waals surface area contributed by atoms with Crippen molar-refractivity contribution >= 4 is 34.9 Å². The molecule has 1 heterocycles. The molecule has 7 nitrogen and oxygen atoms in total. The number of carbonyl (C=O) groups is 3. The lowest BCUT2D eigenvalue weighted by molar-refractivity contribution is -0.141. The van der Waals surface area contributed by atoms with E-state index >= 15 is 0 Å². The van der Waals surface area contributed by atoms with E-state index in [1.807, 2.05) is 69.3 Å². The summed E-state index contributed by atoms with van der Waals surface area (Å²) >= 11 is 1.58. The zero-order valence-corrected chi connectivity index (χ0v) is 25.4. The number of hydrogen-bond donors (Lipinski definition) is 1. The first kappa shape index (κ1) is 30.5. The monoisotopic (exact) mass is 584 g/mol. The molecule has 0 spiro atoms. The summed E-state index contributed by atoms with van der Waals surface area (Å²) in [6, 6.07) is 25.6. The Bertz CT molecular complexity index is 1520. The van der Waals surface area contributed by atoms with Crippen molar-refractivity contribution in [3.8, 4) is 11.1 Å². The molecule has 1 unspecified atom stereocenters. The van der Waals surface area contributed by atoms with Crippen LogP contribution in [0.1, 0.15) is 47.1 Å². The number of hydrogen-bond acceptors (Lipinski definition) is 7. The minimum Gasteiger partial charge on any atom is -0.467 e. The molecule has 1 N–H and O–H groups in total. The van der Waals surface area contributed by atoms with Crippen molar-refractivity contribution in [2.75, 3.05) is 19.5 Å². The number of methoxy groups -OCH3 is 1. The van der Waals surface area contributed by atoms with Gasteiger partial charge in [0.05, 0.1) is 13.7 Å².